The van der Waals surface area contributed by atoms with Gasteiger partial charge in [0.15, 0.2) is 0 Å². The molecule has 1 aromatic heterocycles. The summed E-state index contributed by atoms with van der Waals surface area (Å²) in [6.07, 6.45) is 8.31. The van der Waals surface area contributed by atoms with E-state index in [1.807, 2.05) is 0 Å². The number of aromatic amines is 1. The highest BCUT2D eigenvalue weighted by Crippen LogP contribution is 2.67. The molecule has 7 heteroatoms. The topological polar surface area (TPSA) is 90.9 Å². The Balaban J connectivity index is 1.40. The third kappa shape index (κ3) is 2.75. The van der Waals surface area contributed by atoms with E-state index in [0.717, 1.165) is 42.9 Å². The minimum Gasteiger partial charge on any atom is -0.390 e. The van der Waals surface area contributed by atoms with E-state index in [1.165, 1.54) is 6.42 Å². The van der Waals surface area contributed by atoms with Gasteiger partial charge in [0.2, 0.25) is 5.91 Å². The Labute approximate surface area is 146 Å². The normalized spacial score (nSPS) is 40.0. The van der Waals surface area contributed by atoms with Crippen molar-refractivity contribution in [1.82, 2.24) is 20.7 Å². The molecule has 4 atom stereocenters. The molecule has 1 amide bonds. The highest BCUT2D eigenvalue weighted by atomic mass is 32.2. The van der Waals surface area contributed by atoms with Crippen molar-refractivity contribution in [3.8, 4) is 0 Å². The second-order valence-electron chi connectivity index (χ2n) is 8.28. The lowest BCUT2D eigenvalue weighted by Crippen LogP contribution is -2.63. The molecule has 0 spiro atoms. The van der Waals surface area contributed by atoms with Crippen molar-refractivity contribution >= 4 is 17.7 Å². The van der Waals surface area contributed by atoms with Gasteiger partial charge in [-0.15, -0.1) is 16.9 Å². The SMILES string of the molecule is CC[C@@]12C[C@@H]3C[C@@](O)(C1)C[C@@](C(=O)NCCSc1cn[nH]n1)(C3)C2. The Morgan fingerprint density at radius 3 is 3.00 bits per heavy atom. The predicted octanol–water partition coefficient (Wildman–Crippen LogP) is 2.12. The maximum absolute atomic E-state index is 13.0. The van der Waals surface area contributed by atoms with Crippen LogP contribution in [0.1, 0.15) is 51.9 Å². The van der Waals surface area contributed by atoms with E-state index in [-0.39, 0.29) is 16.7 Å². The summed E-state index contributed by atoms with van der Waals surface area (Å²) in [7, 11) is 0. The molecule has 0 radical (unpaired) electrons. The first-order valence-corrected chi connectivity index (χ1v) is 9.94. The van der Waals surface area contributed by atoms with E-state index in [2.05, 4.69) is 27.7 Å². The fraction of sp³-hybridized carbons (Fsp3) is 0.824. The van der Waals surface area contributed by atoms with Crippen molar-refractivity contribution in [2.75, 3.05) is 12.3 Å². The maximum Gasteiger partial charge on any atom is 0.226 e. The fourth-order valence-corrected chi connectivity index (χ4v) is 6.65. The maximum atomic E-state index is 13.0. The molecule has 6 nitrogen and oxygen atoms in total. The number of nitrogens with one attached hydrogen (secondary N) is 2. The Bertz CT molecular complexity index is 624. The summed E-state index contributed by atoms with van der Waals surface area (Å²) in [5, 5.41) is 25.3. The zero-order chi connectivity index (χ0) is 16.8. The predicted molar refractivity (Wildman–Crippen MR) is 91.4 cm³/mol. The summed E-state index contributed by atoms with van der Waals surface area (Å²) in [5.74, 6) is 1.45. The Morgan fingerprint density at radius 1 is 1.42 bits per heavy atom. The van der Waals surface area contributed by atoms with E-state index in [9.17, 15) is 9.90 Å². The molecule has 4 aliphatic rings. The number of H-pyrrole nitrogens is 1. The van der Waals surface area contributed by atoms with Crippen LogP contribution in [0.5, 0.6) is 0 Å². The molecular weight excluding hydrogens is 324 g/mol. The van der Waals surface area contributed by atoms with Crippen LogP contribution in [-0.2, 0) is 4.79 Å². The van der Waals surface area contributed by atoms with Gasteiger partial charge in [-0.05, 0) is 49.9 Å². The number of carbonyl (C=O) groups excluding carboxylic acids is 1. The van der Waals surface area contributed by atoms with Crippen molar-refractivity contribution in [3.63, 3.8) is 0 Å². The molecule has 4 saturated carbocycles. The monoisotopic (exact) mass is 350 g/mol. The number of rotatable bonds is 6. The molecule has 3 N–H and O–H groups in total. The average Bonchev–Trinajstić information content (AvgIpc) is 3.02. The van der Waals surface area contributed by atoms with Crippen LogP contribution in [0.25, 0.3) is 0 Å². The third-order valence-electron chi connectivity index (χ3n) is 6.42. The second kappa shape index (κ2) is 5.73. The van der Waals surface area contributed by atoms with Crippen LogP contribution in [0, 0.1) is 16.7 Å². The van der Waals surface area contributed by atoms with Crippen LogP contribution in [0.4, 0.5) is 0 Å². The van der Waals surface area contributed by atoms with Gasteiger partial charge in [0.25, 0.3) is 0 Å². The van der Waals surface area contributed by atoms with Gasteiger partial charge in [0, 0.05) is 12.3 Å². The number of carbonyl (C=O) groups is 1. The molecule has 4 bridgehead atoms. The Kier molecular flexibility index (Phi) is 3.91. The van der Waals surface area contributed by atoms with Crippen LogP contribution in [0.15, 0.2) is 11.2 Å². The van der Waals surface area contributed by atoms with Crippen molar-refractivity contribution in [3.05, 3.63) is 6.20 Å². The van der Waals surface area contributed by atoms with Gasteiger partial charge in [0.05, 0.1) is 17.2 Å². The molecule has 5 rings (SSSR count). The molecule has 4 fully saturated rings. The van der Waals surface area contributed by atoms with Gasteiger partial charge in [-0.25, -0.2) is 0 Å². The highest BCUT2D eigenvalue weighted by molar-refractivity contribution is 7.99. The van der Waals surface area contributed by atoms with Crippen molar-refractivity contribution < 1.29 is 9.90 Å². The standard InChI is InChI=1S/C17H26N4O2S/c1-2-15-5-12-6-16(9-15,11-17(23,7-12)10-15)14(22)18-3-4-24-13-8-19-21-20-13/h8,12,23H,2-7,9-11H2,1H3,(H,18,22)(H,19,20,21)/t12-,15-,16+,17+/m0/s1. The zero-order valence-corrected chi connectivity index (χ0v) is 15.0. The molecule has 24 heavy (non-hydrogen) atoms. The van der Waals surface area contributed by atoms with Gasteiger partial charge in [-0.3, -0.25) is 4.79 Å². The van der Waals surface area contributed by atoms with Gasteiger partial charge < -0.3 is 10.4 Å². The lowest BCUT2D eigenvalue weighted by molar-refractivity contribution is -0.204. The van der Waals surface area contributed by atoms with Crippen LogP contribution in [-0.4, -0.2) is 44.3 Å². The Hall–Kier alpha value is -1.08. The zero-order valence-electron chi connectivity index (χ0n) is 14.2. The van der Waals surface area contributed by atoms with Gasteiger partial charge in [-0.1, -0.05) is 13.3 Å². The highest BCUT2D eigenvalue weighted by Gasteiger charge is 2.64. The number of aromatic nitrogens is 3. The molecule has 0 aromatic carbocycles. The van der Waals surface area contributed by atoms with Gasteiger partial charge in [-0.2, -0.15) is 10.3 Å². The first-order valence-electron chi connectivity index (χ1n) is 8.96. The molecule has 0 saturated heterocycles. The number of nitrogens with zero attached hydrogens (tertiary/aromatic N) is 2. The van der Waals surface area contributed by atoms with Gasteiger partial charge in [0.1, 0.15) is 5.03 Å². The summed E-state index contributed by atoms with van der Waals surface area (Å²) in [5.41, 5.74) is -0.772. The fourth-order valence-electron chi connectivity index (χ4n) is 6.00. The number of amides is 1. The summed E-state index contributed by atoms with van der Waals surface area (Å²) < 4.78 is 0. The Morgan fingerprint density at radius 2 is 2.29 bits per heavy atom. The second-order valence-corrected chi connectivity index (χ2v) is 9.39. The van der Waals surface area contributed by atoms with E-state index < -0.39 is 5.60 Å². The first kappa shape index (κ1) is 16.4. The molecule has 1 heterocycles. The van der Waals surface area contributed by atoms with Gasteiger partial charge >= 0.3 is 0 Å². The third-order valence-corrected chi connectivity index (χ3v) is 7.32. The largest absolute Gasteiger partial charge is 0.390 e. The summed E-state index contributed by atoms with van der Waals surface area (Å²) >= 11 is 1.58. The van der Waals surface area contributed by atoms with Crippen LogP contribution in [0.3, 0.4) is 0 Å². The van der Waals surface area contributed by atoms with Crippen molar-refractivity contribution in [2.45, 2.75) is 62.5 Å². The summed E-state index contributed by atoms with van der Waals surface area (Å²) in [6.45, 7) is 2.84. The molecule has 0 aliphatic heterocycles. The van der Waals surface area contributed by atoms with Crippen molar-refractivity contribution in [1.29, 1.82) is 0 Å². The lowest BCUT2D eigenvalue weighted by atomic mass is 9.42. The number of aliphatic hydroxyl groups is 1. The molecular formula is C17H26N4O2S. The van der Waals surface area contributed by atoms with Crippen molar-refractivity contribution in [2.24, 2.45) is 16.7 Å². The van der Waals surface area contributed by atoms with E-state index in [4.69, 9.17) is 0 Å². The summed E-state index contributed by atoms with van der Waals surface area (Å²) in [6, 6.07) is 0. The molecule has 4 aliphatic carbocycles. The van der Waals surface area contributed by atoms with E-state index >= 15 is 0 Å². The lowest BCUT2D eigenvalue weighted by Gasteiger charge is -2.64. The average molecular weight is 350 g/mol. The number of hydrogen-bond acceptors (Lipinski definition) is 5. The summed E-state index contributed by atoms with van der Waals surface area (Å²) in [4.78, 5) is 13.0. The number of hydrogen-bond donors (Lipinski definition) is 3. The molecule has 0 unspecified atom stereocenters. The smallest absolute Gasteiger partial charge is 0.226 e. The van der Waals surface area contributed by atoms with Crippen LogP contribution >= 0.6 is 11.8 Å². The molecule has 132 valence electrons. The minimum atomic E-state index is -0.609. The quantitative estimate of drug-likeness (QED) is 0.540. The van der Waals surface area contributed by atoms with Crippen LogP contribution in [0.2, 0.25) is 0 Å². The number of thioether (sulfide) groups is 1. The first-order chi connectivity index (χ1) is 11.5. The van der Waals surface area contributed by atoms with E-state index in [1.54, 1.807) is 18.0 Å². The minimum absolute atomic E-state index is 0.156. The van der Waals surface area contributed by atoms with E-state index in [0.29, 0.717) is 18.9 Å². The van der Waals surface area contributed by atoms with Crippen LogP contribution < -0.4 is 5.32 Å². The molecule has 1 aromatic rings.